The maximum Gasteiger partial charge on any atom is 0.123 e. The molecule has 2 rings (SSSR count). The minimum absolute atomic E-state index is 0. The normalized spacial score (nSPS) is 24.4. The summed E-state index contributed by atoms with van der Waals surface area (Å²) in [4.78, 5) is 0. The van der Waals surface area contributed by atoms with E-state index in [0.717, 1.165) is 18.8 Å². The van der Waals surface area contributed by atoms with Crippen molar-refractivity contribution in [3.05, 3.63) is 29.8 Å². The van der Waals surface area contributed by atoms with Crippen LogP contribution in [0.5, 0.6) is 5.75 Å². The molecule has 3 heteroatoms. The van der Waals surface area contributed by atoms with Crippen molar-refractivity contribution in [1.29, 1.82) is 0 Å². The van der Waals surface area contributed by atoms with Crippen LogP contribution in [0, 0.1) is 0 Å². The lowest BCUT2D eigenvalue weighted by atomic mass is 9.78. The van der Waals surface area contributed by atoms with Crippen molar-refractivity contribution in [2.75, 3.05) is 13.2 Å². The third-order valence-electron chi connectivity index (χ3n) is 2.90. The molecule has 0 spiro atoms. The molecule has 2 N–H and O–H groups in total. The molecule has 1 heterocycles. The predicted molar refractivity (Wildman–Crippen MR) is 60.2 cm³/mol. The lowest BCUT2D eigenvalue weighted by molar-refractivity contribution is 0.227. The van der Waals surface area contributed by atoms with Crippen LogP contribution in [0.25, 0.3) is 0 Å². The van der Waals surface area contributed by atoms with Crippen LogP contribution >= 0.6 is 12.4 Å². The van der Waals surface area contributed by atoms with Crippen LogP contribution in [-0.2, 0) is 5.41 Å². The average Bonchev–Trinajstić information content (AvgIpc) is 2.19. The summed E-state index contributed by atoms with van der Waals surface area (Å²) in [6.45, 7) is 3.67. The Kier molecular flexibility index (Phi) is 3.40. The first-order chi connectivity index (χ1) is 6.26. The average molecular weight is 214 g/mol. The number of hydrogen-bond acceptors (Lipinski definition) is 2. The van der Waals surface area contributed by atoms with Gasteiger partial charge in [-0.1, -0.05) is 25.1 Å². The maximum absolute atomic E-state index is 5.80. The molecule has 0 aromatic heterocycles. The number of halogens is 1. The summed E-state index contributed by atoms with van der Waals surface area (Å²) in [6, 6.07) is 8.17. The second-order valence-corrected chi connectivity index (χ2v) is 3.86. The minimum atomic E-state index is 0. The van der Waals surface area contributed by atoms with Gasteiger partial charge in [-0.05, 0) is 12.5 Å². The fraction of sp³-hybridized carbons (Fsp3) is 0.455. The van der Waals surface area contributed by atoms with Crippen molar-refractivity contribution in [2.45, 2.75) is 18.8 Å². The molecule has 0 saturated carbocycles. The molecular weight excluding hydrogens is 198 g/mol. The van der Waals surface area contributed by atoms with Gasteiger partial charge in [0.15, 0.2) is 0 Å². The molecule has 1 aliphatic rings. The number of benzene rings is 1. The van der Waals surface area contributed by atoms with E-state index in [1.807, 2.05) is 18.2 Å². The van der Waals surface area contributed by atoms with Gasteiger partial charge < -0.3 is 10.5 Å². The monoisotopic (exact) mass is 213 g/mol. The van der Waals surface area contributed by atoms with Crippen molar-refractivity contribution in [3.63, 3.8) is 0 Å². The van der Waals surface area contributed by atoms with Gasteiger partial charge in [-0.3, -0.25) is 0 Å². The molecule has 1 unspecified atom stereocenters. The van der Waals surface area contributed by atoms with Crippen molar-refractivity contribution >= 4 is 12.4 Å². The van der Waals surface area contributed by atoms with Gasteiger partial charge in [-0.25, -0.2) is 0 Å². The number of hydrogen-bond donors (Lipinski definition) is 1. The molecule has 0 saturated heterocycles. The van der Waals surface area contributed by atoms with Gasteiger partial charge in [-0.2, -0.15) is 0 Å². The third kappa shape index (κ3) is 1.72. The van der Waals surface area contributed by atoms with Crippen LogP contribution in [0.2, 0.25) is 0 Å². The van der Waals surface area contributed by atoms with E-state index in [1.54, 1.807) is 0 Å². The maximum atomic E-state index is 5.80. The summed E-state index contributed by atoms with van der Waals surface area (Å²) >= 11 is 0. The molecule has 0 bridgehead atoms. The van der Waals surface area contributed by atoms with Gasteiger partial charge in [0.2, 0.25) is 0 Å². The second kappa shape index (κ2) is 4.20. The predicted octanol–water partition coefficient (Wildman–Crippen LogP) is 2.11. The molecule has 0 aliphatic carbocycles. The summed E-state index contributed by atoms with van der Waals surface area (Å²) in [5.74, 6) is 1.00. The fourth-order valence-corrected chi connectivity index (χ4v) is 1.82. The molecule has 1 aliphatic heterocycles. The molecule has 1 aromatic rings. The van der Waals surface area contributed by atoms with Crippen molar-refractivity contribution in [1.82, 2.24) is 0 Å². The van der Waals surface area contributed by atoms with Gasteiger partial charge in [0.25, 0.3) is 0 Å². The smallest absolute Gasteiger partial charge is 0.123 e. The zero-order chi connectivity index (χ0) is 9.31. The Balaban J connectivity index is 0.000000980. The quantitative estimate of drug-likeness (QED) is 0.776. The highest BCUT2D eigenvalue weighted by Gasteiger charge is 2.31. The summed E-state index contributed by atoms with van der Waals surface area (Å²) in [5, 5.41) is 0. The number of para-hydroxylation sites is 1. The Hall–Kier alpha value is -0.730. The van der Waals surface area contributed by atoms with Gasteiger partial charge in [0.1, 0.15) is 5.75 Å². The SMILES string of the molecule is CC1(CN)CCOc2ccccc21.Cl. The van der Waals surface area contributed by atoms with Crippen LogP contribution in [0.1, 0.15) is 18.9 Å². The van der Waals surface area contributed by atoms with Gasteiger partial charge >= 0.3 is 0 Å². The molecule has 1 atom stereocenters. The van der Waals surface area contributed by atoms with Crippen molar-refractivity contribution < 1.29 is 4.74 Å². The largest absolute Gasteiger partial charge is 0.493 e. The van der Waals surface area contributed by atoms with E-state index >= 15 is 0 Å². The molecule has 78 valence electrons. The van der Waals surface area contributed by atoms with Gasteiger partial charge in [-0.15, -0.1) is 12.4 Å². The van der Waals surface area contributed by atoms with E-state index in [4.69, 9.17) is 10.5 Å². The summed E-state index contributed by atoms with van der Waals surface area (Å²) in [5.41, 5.74) is 7.16. The van der Waals surface area contributed by atoms with Crippen LogP contribution < -0.4 is 10.5 Å². The number of rotatable bonds is 1. The topological polar surface area (TPSA) is 35.2 Å². The highest BCUT2D eigenvalue weighted by Crippen LogP contribution is 2.37. The lowest BCUT2D eigenvalue weighted by Gasteiger charge is -2.34. The van der Waals surface area contributed by atoms with E-state index in [2.05, 4.69) is 13.0 Å². The first-order valence-corrected chi connectivity index (χ1v) is 4.69. The Bertz CT molecular complexity index is 316. The van der Waals surface area contributed by atoms with Crippen molar-refractivity contribution in [2.24, 2.45) is 5.73 Å². The molecule has 0 amide bonds. The third-order valence-corrected chi connectivity index (χ3v) is 2.90. The first-order valence-electron chi connectivity index (χ1n) is 4.69. The molecule has 1 aromatic carbocycles. The Morgan fingerprint density at radius 3 is 2.86 bits per heavy atom. The zero-order valence-corrected chi connectivity index (χ0v) is 9.14. The lowest BCUT2D eigenvalue weighted by Crippen LogP contribution is -2.36. The fourth-order valence-electron chi connectivity index (χ4n) is 1.82. The number of ether oxygens (including phenoxy) is 1. The van der Waals surface area contributed by atoms with Crippen LogP contribution in [0.4, 0.5) is 0 Å². The number of nitrogens with two attached hydrogens (primary N) is 1. The molecule has 2 nitrogen and oxygen atoms in total. The van der Waals surface area contributed by atoms with Crippen LogP contribution in [-0.4, -0.2) is 13.2 Å². The van der Waals surface area contributed by atoms with Gasteiger partial charge in [0.05, 0.1) is 6.61 Å². The Morgan fingerprint density at radius 1 is 1.43 bits per heavy atom. The van der Waals surface area contributed by atoms with E-state index in [1.165, 1.54) is 5.56 Å². The van der Waals surface area contributed by atoms with Gasteiger partial charge in [0, 0.05) is 17.5 Å². The molecular formula is C11H16ClNO. The van der Waals surface area contributed by atoms with E-state index in [-0.39, 0.29) is 17.8 Å². The first kappa shape index (κ1) is 11.3. The highest BCUT2D eigenvalue weighted by atomic mass is 35.5. The Morgan fingerprint density at radius 2 is 2.14 bits per heavy atom. The van der Waals surface area contributed by atoms with Crippen LogP contribution in [0.3, 0.4) is 0 Å². The Labute approximate surface area is 90.9 Å². The van der Waals surface area contributed by atoms with E-state index in [9.17, 15) is 0 Å². The summed E-state index contributed by atoms with van der Waals surface area (Å²) in [7, 11) is 0. The number of fused-ring (bicyclic) bond motifs is 1. The minimum Gasteiger partial charge on any atom is -0.493 e. The summed E-state index contributed by atoms with van der Waals surface area (Å²) in [6.07, 6.45) is 1.01. The highest BCUT2D eigenvalue weighted by molar-refractivity contribution is 5.85. The van der Waals surface area contributed by atoms with Crippen molar-refractivity contribution in [3.8, 4) is 5.75 Å². The zero-order valence-electron chi connectivity index (χ0n) is 8.32. The molecule has 0 radical (unpaired) electrons. The van der Waals surface area contributed by atoms with Crippen LogP contribution in [0.15, 0.2) is 24.3 Å². The second-order valence-electron chi connectivity index (χ2n) is 3.86. The molecule has 14 heavy (non-hydrogen) atoms. The van der Waals surface area contributed by atoms with E-state index in [0.29, 0.717) is 6.54 Å². The molecule has 0 fully saturated rings. The van der Waals surface area contributed by atoms with E-state index < -0.39 is 0 Å². The summed E-state index contributed by atoms with van der Waals surface area (Å²) < 4.78 is 5.57. The standard InChI is InChI=1S/C11H15NO.ClH/c1-11(8-12)6-7-13-10-5-3-2-4-9(10)11;/h2-5H,6-8,12H2,1H3;1H.